The van der Waals surface area contributed by atoms with Crippen LogP contribution in [0.2, 0.25) is 0 Å². The zero-order valence-electron chi connectivity index (χ0n) is 14.4. The molecule has 10 heteroatoms. The van der Waals surface area contributed by atoms with Crippen LogP contribution in [0.5, 0.6) is 0 Å². The van der Waals surface area contributed by atoms with Crippen LogP contribution < -0.4 is 0 Å². The molecule has 0 unspecified atom stereocenters. The first-order chi connectivity index (χ1) is 11.8. The minimum absolute atomic E-state index is 0. The maximum atomic E-state index is 12.6. The van der Waals surface area contributed by atoms with Crippen LogP contribution in [0.3, 0.4) is 0 Å². The van der Waals surface area contributed by atoms with E-state index in [1.165, 1.54) is 20.0 Å². The molecule has 2 saturated heterocycles. The van der Waals surface area contributed by atoms with Crippen LogP contribution in [0.1, 0.15) is 38.5 Å². The smallest absolute Gasteiger partial charge is 0.414 e. The number of halogens is 1. The van der Waals surface area contributed by atoms with Gasteiger partial charge in [-0.15, -0.1) is 0 Å². The van der Waals surface area contributed by atoms with Crippen molar-refractivity contribution in [3.05, 3.63) is 0 Å². The van der Waals surface area contributed by atoms with Crippen molar-refractivity contribution in [3.8, 4) is 0 Å². The molecule has 4 fully saturated rings. The highest BCUT2D eigenvalue weighted by Crippen LogP contribution is 2.74. The zero-order chi connectivity index (χ0) is 18.4. The predicted octanol–water partition coefficient (Wildman–Crippen LogP) is 0.641. The highest BCUT2D eigenvalue weighted by molar-refractivity contribution is 6.27. The van der Waals surface area contributed by atoms with Crippen molar-refractivity contribution in [2.75, 3.05) is 13.7 Å². The van der Waals surface area contributed by atoms with E-state index in [4.69, 9.17) is 41.0 Å². The summed E-state index contributed by atoms with van der Waals surface area (Å²) in [5, 5.41) is 15.9. The summed E-state index contributed by atoms with van der Waals surface area (Å²) in [6.45, 7) is 0.886. The number of fused-ring (bicyclic) bond motifs is 6. The normalized spacial score (nSPS) is 39.7. The standard InChI is InChI=1S/C14H20ClNO3.C2H2O4.H2O/c1-18-12(17)13-9-5-2-3-6-10(9)14(13,15)19-16-8-4-7-11(13)16;3-1(4)2(5)6;/h9-11H,2-8H2,1H3;(H,3,4)(H,5,6);1H2/t9-,10+,11+,13-,14-;;/m1../s1. The van der Waals surface area contributed by atoms with E-state index in [1.807, 2.05) is 5.06 Å². The maximum Gasteiger partial charge on any atom is 0.414 e. The summed E-state index contributed by atoms with van der Waals surface area (Å²) in [5.41, 5.74) is -0.620. The number of carboxylic acids is 2. The summed E-state index contributed by atoms with van der Waals surface area (Å²) >= 11 is 6.85. The number of hydrogen-bond donors (Lipinski definition) is 2. The number of methoxy groups -OCH3 is 1. The van der Waals surface area contributed by atoms with Crippen molar-refractivity contribution >= 4 is 29.5 Å². The Balaban J connectivity index is 0.000000305. The number of hydroxylamine groups is 2. The van der Waals surface area contributed by atoms with E-state index in [0.717, 1.165) is 32.2 Å². The third kappa shape index (κ3) is 2.60. The fraction of sp³-hybridized carbons (Fsp3) is 0.812. The lowest BCUT2D eigenvalue weighted by atomic mass is 9.44. The monoisotopic (exact) mass is 393 g/mol. The van der Waals surface area contributed by atoms with Crippen LogP contribution in [0.4, 0.5) is 0 Å². The molecule has 2 heterocycles. The van der Waals surface area contributed by atoms with Crippen molar-refractivity contribution in [2.45, 2.75) is 49.6 Å². The van der Waals surface area contributed by atoms with Gasteiger partial charge in [-0.3, -0.25) is 9.63 Å². The van der Waals surface area contributed by atoms with Gasteiger partial charge in [0.05, 0.1) is 13.2 Å². The van der Waals surface area contributed by atoms with E-state index in [2.05, 4.69) is 0 Å². The topological polar surface area (TPSA) is 145 Å². The third-order valence-electron chi connectivity index (χ3n) is 6.08. The second kappa shape index (κ2) is 7.30. The molecule has 148 valence electrons. The Morgan fingerprint density at radius 1 is 1.08 bits per heavy atom. The molecule has 2 saturated carbocycles. The van der Waals surface area contributed by atoms with E-state index in [0.29, 0.717) is 11.8 Å². The molecule has 0 radical (unpaired) electrons. The minimum atomic E-state index is -1.82. The number of aliphatic carboxylic acids is 2. The molecule has 4 N–H and O–H groups in total. The van der Waals surface area contributed by atoms with E-state index in [9.17, 15) is 4.79 Å². The van der Waals surface area contributed by atoms with Gasteiger partial charge >= 0.3 is 17.9 Å². The Hall–Kier alpha value is -1.42. The summed E-state index contributed by atoms with van der Waals surface area (Å²) in [4.78, 5) is 36.9. The number of nitrogens with zero attached hydrogens (tertiary/aromatic N) is 1. The quantitative estimate of drug-likeness (QED) is 0.375. The Morgan fingerprint density at radius 2 is 1.65 bits per heavy atom. The molecular formula is C16H24ClNO8. The Labute approximate surface area is 155 Å². The van der Waals surface area contributed by atoms with Crippen LogP contribution >= 0.6 is 11.6 Å². The molecule has 5 atom stereocenters. The highest BCUT2D eigenvalue weighted by Gasteiger charge is 2.84. The van der Waals surface area contributed by atoms with Crippen LogP contribution in [0.15, 0.2) is 0 Å². The molecule has 0 aromatic carbocycles. The molecule has 4 aliphatic rings. The number of carbonyl (C=O) groups excluding carboxylic acids is 1. The van der Waals surface area contributed by atoms with Crippen molar-refractivity contribution in [3.63, 3.8) is 0 Å². The number of ether oxygens (including phenoxy) is 1. The molecule has 2 aliphatic carbocycles. The first-order valence-corrected chi connectivity index (χ1v) is 8.87. The summed E-state index contributed by atoms with van der Waals surface area (Å²) in [6.07, 6.45) is 6.62. The SMILES string of the molecule is COC(=O)[C@]12[C@@H]3CCCC[C@@H]3[C@@]1(Cl)ON1CCC[C@H]12.O.O=C(O)C(=O)O. The maximum absolute atomic E-state index is 12.6. The lowest BCUT2D eigenvalue weighted by Crippen LogP contribution is -2.72. The van der Waals surface area contributed by atoms with Gasteiger partial charge in [0.25, 0.3) is 0 Å². The predicted molar refractivity (Wildman–Crippen MR) is 88.2 cm³/mol. The minimum Gasteiger partial charge on any atom is -0.473 e. The number of carboxylic acid groups (broad SMARTS) is 2. The number of rotatable bonds is 1. The van der Waals surface area contributed by atoms with E-state index in [-0.39, 0.29) is 17.5 Å². The van der Waals surface area contributed by atoms with Gasteiger partial charge in [0.2, 0.25) is 0 Å². The lowest BCUT2D eigenvalue weighted by molar-refractivity contribution is -0.252. The molecule has 0 spiro atoms. The fourth-order valence-electron chi connectivity index (χ4n) is 5.27. The number of hydrogen-bond acceptors (Lipinski definition) is 6. The van der Waals surface area contributed by atoms with Gasteiger partial charge < -0.3 is 20.4 Å². The van der Waals surface area contributed by atoms with E-state index < -0.39 is 22.4 Å². The first-order valence-electron chi connectivity index (χ1n) is 8.50. The largest absolute Gasteiger partial charge is 0.473 e. The molecule has 0 bridgehead atoms. The molecule has 2 aliphatic heterocycles. The second-order valence-electron chi connectivity index (χ2n) is 7.00. The Kier molecular flexibility index (Phi) is 5.86. The summed E-state index contributed by atoms with van der Waals surface area (Å²) < 4.78 is 5.15. The molecule has 9 nitrogen and oxygen atoms in total. The van der Waals surface area contributed by atoms with Crippen molar-refractivity contribution in [1.82, 2.24) is 5.06 Å². The van der Waals surface area contributed by atoms with Gasteiger partial charge in [0.15, 0.2) is 5.06 Å². The zero-order valence-corrected chi connectivity index (χ0v) is 15.2. The van der Waals surface area contributed by atoms with Crippen LogP contribution in [-0.4, -0.2) is 63.4 Å². The Bertz CT molecular complexity index is 589. The number of alkyl halides is 1. The molecule has 0 aromatic heterocycles. The molecule has 26 heavy (non-hydrogen) atoms. The van der Waals surface area contributed by atoms with Gasteiger partial charge in [-0.1, -0.05) is 24.4 Å². The number of carbonyl (C=O) groups is 3. The van der Waals surface area contributed by atoms with Crippen LogP contribution in [0, 0.1) is 17.3 Å². The summed E-state index contributed by atoms with van der Waals surface area (Å²) in [7, 11) is 1.47. The fourth-order valence-corrected chi connectivity index (χ4v) is 5.96. The molecule has 4 rings (SSSR count). The van der Waals surface area contributed by atoms with Crippen LogP contribution in [0.25, 0.3) is 0 Å². The van der Waals surface area contributed by atoms with Crippen molar-refractivity contribution < 1.29 is 39.6 Å². The highest BCUT2D eigenvalue weighted by atomic mass is 35.5. The van der Waals surface area contributed by atoms with Gasteiger partial charge in [-0.25, -0.2) is 9.59 Å². The molecule has 0 amide bonds. The summed E-state index contributed by atoms with van der Waals surface area (Å²) in [5.74, 6) is -3.14. The van der Waals surface area contributed by atoms with Crippen LogP contribution in [-0.2, 0) is 24.0 Å². The molecular weight excluding hydrogens is 370 g/mol. The van der Waals surface area contributed by atoms with Gasteiger partial charge in [-0.2, -0.15) is 5.06 Å². The first kappa shape index (κ1) is 20.9. The average Bonchev–Trinajstić information content (AvgIpc) is 3.10. The lowest BCUT2D eigenvalue weighted by Gasteiger charge is -2.62. The third-order valence-corrected chi connectivity index (χ3v) is 6.74. The second-order valence-corrected chi connectivity index (χ2v) is 7.56. The number of esters is 1. The van der Waals surface area contributed by atoms with E-state index >= 15 is 0 Å². The van der Waals surface area contributed by atoms with Gasteiger partial charge in [0.1, 0.15) is 5.41 Å². The molecule has 0 aromatic rings. The summed E-state index contributed by atoms with van der Waals surface area (Å²) in [6, 6.07) is 0.122. The average molecular weight is 394 g/mol. The van der Waals surface area contributed by atoms with Crippen molar-refractivity contribution in [2.24, 2.45) is 17.3 Å². The van der Waals surface area contributed by atoms with Gasteiger partial charge in [0, 0.05) is 12.5 Å². The Morgan fingerprint density at radius 3 is 2.19 bits per heavy atom. The van der Waals surface area contributed by atoms with Gasteiger partial charge in [-0.05, 0) is 31.6 Å². The van der Waals surface area contributed by atoms with E-state index in [1.54, 1.807) is 0 Å². The van der Waals surface area contributed by atoms with Crippen molar-refractivity contribution in [1.29, 1.82) is 0 Å².